The van der Waals surface area contributed by atoms with E-state index in [-0.39, 0.29) is 11.4 Å². The molecule has 4 N–H and O–H groups in total. The molecular weight excluding hydrogens is 270 g/mol. The van der Waals surface area contributed by atoms with Crippen LogP contribution >= 0.6 is 0 Å². The van der Waals surface area contributed by atoms with Crippen molar-refractivity contribution in [3.8, 4) is 11.1 Å². The molecule has 0 radical (unpaired) electrons. The largest absolute Gasteiger partial charge is 0.383 e. The maximum atomic E-state index is 11.1. The van der Waals surface area contributed by atoms with Crippen LogP contribution < -0.4 is 11.5 Å². The van der Waals surface area contributed by atoms with Crippen molar-refractivity contribution in [2.45, 2.75) is 12.8 Å². The predicted octanol–water partition coefficient (Wildman–Crippen LogP) is 0.960. The first kappa shape index (κ1) is 15.0. The Morgan fingerprint density at radius 2 is 2.00 bits per heavy atom. The van der Waals surface area contributed by atoms with E-state index in [0.29, 0.717) is 0 Å². The fourth-order valence-corrected chi connectivity index (χ4v) is 1.91. The molecule has 21 heavy (non-hydrogen) atoms. The molecule has 7 heteroatoms. The number of hydrogen-bond acceptors (Lipinski definition) is 5. The molecule has 7 nitrogen and oxygen atoms in total. The highest BCUT2D eigenvalue weighted by molar-refractivity contribution is 5.98. The Labute approximate surface area is 122 Å². The van der Waals surface area contributed by atoms with Gasteiger partial charge in [0.25, 0.3) is 5.91 Å². The van der Waals surface area contributed by atoms with Crippen LogP contribution in [0.1, 0.15) is 23.2 Å². The van der Waals surface area contributed by atoms with Gasteiger partial charge in [-0.05, 0) is 18.9 Å². The topological polar surface area (TPSA) is 109 Å². The van der Waals surface area contributed by atoms with Crippen molar-refractivity contribution in [3.05, 3.63) is 30.2 Å². The van der Waals surface area contributed by atoms with Crippen LogP contribution in [0.3, 0.4) is 0 Å². The molecule has 1 amide bonds. The number of nitrogens with two attached hydrogens (primary N) is 2. The zero-order chi connectivity index (χ0) is 15.2. The fourth-order valence-electron chi connectivity index (χ4n) is 1.91. The monoisotopic (exact) mass is 289 g/mol. The molecule has 2 aromatic heterocycles. The molecule has 1 fully saturated rings. The van der Waals surface area contributed by atoms with Gasteiger partial charge in [-0.1, -0.05) is 0 Å². The molecule has 2 aromatic rings. The Morgan fingerprint density at radius 1 is 1.29 bits per heavy atom. The van der Waals surface area contributed by atoms with Crippen LogP contribution in [0.25, 0.3) is 11.1 Å². The van der Waals surface area contributed by atoms with Crippen molar-refractivity contribution >= 4 is 11.7 Å². The molecule has 0 atom stereocenters. The maximum Gasteiger partial charge on any atom is 0.252 e. The van der Waals surface area contributed by atoms with Crippen LogP contribution in [-0.2, 0) is 11.8 Å². The third-order valence-corrected chi connectivity index (χ3v) is 3.05. The summed E-state index contributed by atoms with van der Waals surface area (Å²) >= 11 is 0. The number of primary amides is 1. The number of hydrogen-bond donors (Lipinski definition) is 2. The normalized spacial score (nSPS) is 13.6. The Morgan fingerprint density at radius 3 is 2.48 bits per heavy atom. The van der Waals surface area contributed by atoms with Crippen molar-refractivity contribution in [3.63, 3.8) is 0 Å². The summed E-state index contributed by atoms with van der Waals surface area (Å²) in [4.78, 5) is 15.0. The summed E-state index contributed by atoms with van der Waals surface area (Å²) < 4.78 is 6.61. The molecular formula is C14H19N5O2. The Hall–Kier alpha value is -2.41. The van der Waals surface area contributed by atoms with Gasteiger partial charge in [-0.3, -0.25) is 9.48 Å². The molecule has 3 heterocycles. The Kier molecular flexibility index (Phi) is 4.89. The molecule has 112 valence electrons. The molecule has 0 bridgehead atoms. The molecule has 0 spiro atoms. The zero-order valence-electron chi connectivity index (χ0n) is 12.0. The minimum atomic E-state index is -0.587. The molecule has 1 saturated heterocycles. The van der Waals surface area contributed by atoms with Crippen LogP contribution in [0.5, 0.6) is 0 Å². The van der Waals surface area contributed by atoms with Crippen LogP contribution in [-0.4, -0.2) is 33.9 Å². The number of carbonyl (C=O) groups excluding carboxylic acids is 1. The van der Waals surface area contributed by atoms with Gasteiger partial charge in [0, 0.05) is 43.8 Å². The van der Waals surface area contributed by atoms with Crippen LogP contribution in [0.15, 0.2) is 24.7 Å². The van der Waals surface area contributed by atoms with E-state index >= 15 is 0 Å². The molecule has 0 unspecified atom stereocenters. The van der Waals surface area contributed by atoms with E-state index in [4.69, 9.17) is 16.2 Å². The first-order chi connectivity index (χ1) is 10.1. The molecule has 0 saturated carbocycles. The first-order valence-electron chi connectivity index (χ1n) is 6.70. The first-order valence-corrected chi connectivity index (χ1v) is 6.70. The van der Waals surface area contributed by atoms with E-state index in [1.54, 1.807) is 23.1 Å². The number of anilines is 1. The second-order valence-corrected chi connectivity index (χ2v) is 4.74. The number of aryl methyl sites for hydroxylation is 1. The second-order valence-electron chi connectivity index (χ2n) is 4.74. The number of aromatic nitrogens is 3. The number of nitrogen functional groups attached to an aromatic ring is 1. The summed E-state index contributed by atoms with van der Waals surface area (Å²) in [7, 11) is 1.81. The summed E-state index contributed by atoms with van der Waals surface area (Å²) in [6.45, 7) is 2.00. The molecule has 0 aliphatic carbocycles. The lowest BCUT2D eigenvalue weighted by atomic mass is 10.1. The lowest BCUT2D eigenvalue weighted by molar-refractivity contribution is 0.100. The van der Waals surface area contributed by atoms with E-state index < -0.39 is 5.91 Å². The van der Waals surface area contributed by atoms with Crippen LogP contribution in [0.4, 0.5) is 5.82 Å². The van der Waals surface area contributed by atoms with Crippen molar-refractivity contribution in [2.75, 3.05) is 18.9 Å². The van der Waals surface area contributed by atoms with Crippen molar-refractivity contribution in [2.24, 2.45) is 12.8 Å². The smallest absolute Gasteiger partial charge is 0.252 e. The third kappa shape index (κ3) is 4.03. The Balaban J connectivity index is 0.000000272. The minimum absolute atomic E-state index is 0.139. The van der Waals surface area contributed by atoms with E-state index in [1.807, 2.05) is 13.2 Å². The number of ether oxygens (including phenoxy) is 1. The molecule has 0 aromatic carbocycles. The number of rotatable bonds is 2. The van der Waals surface area contributed by atoms with Gasteiger partial charge < -0.3 is 16.2 Å². The summed E-state index contributed by atoms with van der Waals surface area (Å²) in [6.07, 6.45) is 7.63. The highest BCUT2D eigenvalue weighted by atomic mass is 16.5. The van der Waals surface area contributed by atoms with Gasteiger partial charge in [-0.25, -0.2) is 4.98 Å². The quantitative estimate of drug-likeness (QED) is 0.855. The standard InChI is InChI=1S/C10H11N5O.C4H8O/c1-15-5-7(4-14-15)6-2-8(10(12)16)9(11)13-3-6;1-2-4-5-3-1/h2-5H,1H3,(H2,11,13)(H2,12,16);1-4H2. The van der Waals surface area contributed by atoms with Crippen LogP contribution in [0, 0.1) is 0 Å². The van der Waals surface area contributed by atoms with Gasteiger partial charge in [0.15, 0.2) is 0 Å². The minimum Gasteiger partial charge on any atom is -0.383 e. The predicted molar refractivity (Wildman–Crippen MR) is 79.4 cm³/mol. The van der Waals surface area contributed by atoms with Gasteiger partial charge in [0.2, 0.25) is 0 Å². The molecule has 3 rings (SSSR count). The average Bonchev–Trinajstić information content (AvgIpc) is 3.13. The zero-order valence-corrected chi connectivity index (χ0v) is 12.0. The van der Waals surface area contributed by atoms with E-state index in [0.717, 1.165) is 24.3 Å². The SMILES string of the molecule is C1CCOC1.Cn1cc(-c2cnc(N)c(C(N)=O)c2)cn1. The fraction of sp³-hybridized carbons (Fsp3) is 0.357. The highest BCUT2D eigenvalue weighted by Gasteiger charge is 2.09. The van der Waals surface area contributed by atoms with Crippen LogP contribution in [0.2, 0.25) is 0 Å². The van der Waals surface area contributed by atoms with E-state index in [9.17, 15) is 4.79 Å². The third-order valence-electron chi connectivity index (χ3n) is 3.05. The Bertz CT molecular complexity index is 612. The van der Waals surface area contributed by atoms with Gasteiger partial charge in [0.05, 0.1) is 11.8 Å². The van der Waals surface area contributed by atoms with Gasteiger partial charge in [-0.15, -0.1) is 0 Å². The number of carbonyl (C=O) groups is 1. The summed E-state index contributed by atoms with van der Waals surface area (Å²) in [5.41, 5.74) is 12.6. The van der Waals surface area contributed by atoms with Gasteiger partial charge >= 0.3 is 0 Å². The van der Waals surface area contributed by atoms with Crippen molar-refractivity contribution < 1.29 is 9.53 Å². The van der Waals surface area contributed by atoms with Gasteiger partial charge in [-0.2, -0.15) is 5.10 Å². The van der Waals surface area contributed by atoms with Gasteiger partial charge in [0.1, 0.15) is 5.82 Å². The second kappa shape index (κ2) is 6.85. The molecule has 1 aliphatic heterocycles. The van der Waals surface area contributed by atoms with Crippen molar-refractivity contribution in [1.82, 2.24) is 14.8 Å². The molecule has 1 aliphatic rings. The lowest BCUT2D eigenvalue weighted by Crippen LogP contribution is -2.14. The summed E-state index contributed by atoms with van der Waals surface area (Å²) in [5, 5.41) is 4.03. The van der Waals surface area contributed by atoms with Crippen molar-refractivity contribution in [1.29, 1.82) is 0 Å². The number of amides is 1. The summed E-state index contributed by atoms with van der Waals surface area (Å²) in [5.74, 6) is -0.448. The average molecular weight is 289 g/mol. The lowest BCUT2D eigenvalue weighted by Gasteiger charge is -2.02. The number of pyridine rings is 1. The summed E-state index contributed by atoms with van der Waals surface area (Å²) in [6, 6.07) is 1.61. The van der Waals surface area contributed by atoms with E-state index in [1.165, 1.54) is 12.8 Å². The highest BCUT2D eigenvalue weighted by Crippen LogP contribution is 2.20. The number of nitrogens with zero attached hydrogens (tertiary/aromatic N) is 3. The van der Waals surface area contributed by atoms with E-state index in [2.05, 4.69) is 10.1 Å². The maximum absolute atomic E-state index is 11.1.